The van der Waals surface area contributed by atoms with Crippen molar-refractivity contribution < 1.29 is 0 Å². The molecule has 0 saturated carbocycles. The number of hydrogen-bond donors (Lipinski definition) is 1. The van der Waals surface area contributed by atoms with Crippen LogP contribution in [-0.2, 0) is 13.1 Å². The van der Waals surface area contributed by atoms with Crippen molar-refractivity contribution in [1.82, 2.24) is 9.88 Å². The summed E-state index contributed by atoms with van der Waals surface area (Å²) in [6, 6.07) is 5.74. The summed E-state index contributed by atoms with van der Waals surface area (Å²) < 4.78 is 0. The Morgan fingerprint density at radius 3 is 2.63 bits per heavy atom. The van der Waals surface area contributed by atoms with Crippen LogP contribution in [0.3, 0.4) is 0 Å². The standard InChI is InChI=1S/C13H15Cl2N3S/c1-2-18(8-10-6-17-13(16)19-10)7-9-3-4-11(14)12(15)5-9/h3-6H,2,7-8H2,1H3,(H2,16,17). The van der Waals surface area contributed by atoms with E-state index in [-0.39, 0.29) is 0 Å². The normalized spacial score (nSPS) is 11.2. The summed E-state index contributed by atoms with van der Waals surface area (Å²) in [6.07, 6.45) is 1.83. The van der Waals surface area contributed by atoms with Crippen LogP contribution < -0.4 is 5.73 Å². The molecule has 0 radical (unpaired) electrons. The second-order valence-corrected chi connectivity index (χ2v) is 6.18. The number of thiazole rings is 1. The van der Waals surface area contributed by atoms with Gasteiger partial charge in [0.15, 0.2) is 5.13 Å². The van der Waals surface area contributed by atoms with E-state index in [0.29, 0.717) is 15.2 Å². The van der Waals surface area contributed by atoms with Gasteiger partial charge in [-0.1, -0.05) is 36.2 Å². The number of nitrogen functional groups attached to an aromatic ring is 1. The molecular formula is C13H15Cl2N3S. The van der Waals surface area contributed by atoms with Gasteiger partial charge >= 0.3 is 0 Å². The summed E-state index contributed by atoms with van der Waals surface area (Å²) in [7, 11) is 0. The minimum atomic E-state index is 0.587. The summed E-state index contributed by atoms with van der Waals surface area (Å²) in [5.41, 5.74) is 6.79. The molecule has 6 heteroatoms. The van der Waals surface area contributed by atoms with Crippen LogP contribution in [0.1, 0.15) is 17.4 Å². The van der Waals surface area contributed by atoms with Gasteiger partial charge in [0.05, 0.1) is 10.0 Å². The largest absolute Gasteiger partial charge is 0.375 e. The van der Waals surface area contributed by atoms with Crippen LogP contribution >= 0.6 is 34.5 Å². The Morgan fingerprint density at radius 1 is 1.26 bits per heavy atom. The first-order valence-electron chi connectivity index (χ1n) is 5.95. The van der Waals surface area contributed by atoms with E-state index in [1.165, 1.54) is 16.2 Å². The Balaban J connectivity index is 2.04. The lowest BCUT2D eigenvalue weighted by molar-refractivity contribution is 0.273. The van der Waals surface area contributed by atoms with Crippen LogP contribution in [0.15, 0.2) is 24.4 Å². The highest BCUT2D eigenvalue weighted by Crippen LogP contribution is 2.24. The van der Waals surface area contributed by atoms with E-state index in [0.717, 1.165) is 25.2 Å². The molecule has 19 heavy (non-hydrogen) atoms. The lowest BCUT2D eigenvalue weighted by atomic mass is 10.2. The maximum atomic E-state index is 6.03. The quantitative estimate of drug-likeness (QED) is 0.904. The molecule has 0 spiro atoms. The van der Waals surface area contributed by atoms with Gasteiger partial charge < -0.3 is 5.73 Å². The highest BCUT2D eigenvalue weighted by atomic mass is 35.5. The molecule has 0 amide bonds. The lowest BCUT2D eigenvalue weighted by Gasteiger charge is -2.19. The van der Waals surface area contributed by atoms with Crippen molar-refractivity contribution in [2.75, 3.05) is 12.3 Å². The first kappa shape index (κ1) is 14.6. The van der Waals surface area contributed by atoms with E-state index >= 15 is 0 Å². The third-order valence-electron chi connectivity index (χ3n) is 2.79. The Bertz CT molecular complexity index is 557. The van der Waals surface area contributed by atoms with E-state index < -0.39 is 0 Å². The fourth-order valence-electron chi connectivity index (χ4n) is 1.79. The molecule has 0 bridgehead atoms. The van der Waals surface area contributed by atoms with Crippen molar-refractivity contribution >= 4 is 39.7 Å². The van der Waals surface area contributed by atoms with Crippen LogP contribution in [0, 0.1) is 0 Å². The number of halogens is 2. The molecule has 0 aliphatic heterocycles. The minimum Gasteiger partial charge on any atom is -0.375 e. The van der Waals surface area contributed by atoms with E-state index in [1.54, 1.807) is 0 Å². The number of rotatable bonds is 5. The zero-order valence-corrected chi connectivity index (χ0v) is 12.9. The summed E-state index contributed by atoms with van der Waals surface area (Å²) in [6.45, 7) is 4.73. The van der Waals surface area contributed by atoms with Gasteiger partial charge in [-0.05, 0) is 24.2 Å². The summed E-state index contributed by atoms with van der Waals surface area (Å²) >= 11 is 13.5. The Labute approximate surface area is 127 Å². The minimum absolute atomic E-state index is 0.587. The molecule has 3 nitrogen and oxygen atoms in total. The number of hydrogen-bond acceptors (Lipinski definition) is 4. The van der Waals surface area contributed by atoms with Gasteiger partial charge in [-0.25, -0.2) is 4.98 Å². The van der Waals surface area contributed by atoms with Crippen molar-refractivity contribution in [3.8, 4) is 0 Å². The highest BCUT2D eigenvalue weighted by molar-refractivity contribution is 7.15. The molecule has 0 aliphatic rings. The van der Waals surface area contributed by atoms with E-state index in [1.807, 2.05) is 24.4 Å². The zero-order chi connectivity index (χ0) is 13.8. The van der Waals surface area contributed by atoms with Crippen LogP contribution in [0.2, 0.25) is 10.0 Å². The molecule has 0 saturated heterocycles. The van der Waals surface area contributed by atoms with E-state index in [4.69, 9.17) is 28.9 Å². The second kappa shape index (κ2) is 6.57. The molecule has 1 aromatic carbocycles. The van der Waals surface area contributed by atoms with Gasteiger partial charge in [-0.3, -0.25) is 4.90 Å². The molecule has 1 aromatic heterocycles. The fraction of sp³-hybridized carbons (Fsp3) is 0.308. The fourth-order valence-corrected chi connectivity index (χ4v) is 2.84. The van der Waals surface area contributed by atoms with Gasteiger partial charge in [0.1, 0.15) is 0 Å². The zero-order valence-electron chi connectivity index (χ0n) is 10.6. The van der Waals surface area contributed by atoms with Gasteiger partial charge in [0, 0.05) is 24.2 Å². The van der Waals surface area contributed by atoms with E-state index in [2.05, 4.69) is 16.8 Å². The molecule has 2 N–H and O–H groups in total. The highest BCUT2D eigenvalue weighted by Gasteiger charge is 2.08. The van der Waals surface area contributed by atoms with Crippen LogP contribution in [-0.4, -0.2) is 16.4 Å². The lowest BCUT2D eigenvalue weighted by Crippen LogP contribution is -2.21. The van der Waals surface area contributed by atoms with Crippen LogP contribution in [0.25, 0.3) is 0 Å². The predicted molar refractivity (Wildman–Crippen MR) is 82.8 cm³/mol. The predicted octanol–water partition coefficient (Wildman–Crippen LogP) is 4.05. The average molecular weight is 316 g/mol. The smallest absolute Gasteiger partial charge is 0.180 e. The van der Waals surface area contributed by atoms with E-state index in [9.17, 15) is 0 Å². The summed E-state index contributed by atoms with van der Waals surface area (Å²) in [4.78, 5) is 7.53. The Kier molecular flexibility index (Phi) is 5.05. The first-order chi connectivity index (χ1) is 9.08. The van der Waals surface area contributed by atoms with Crippen LogP contribution in [0.5, 0.6) is 0 Å². The molecule has 1 heterocycles. The second-order valence-electron chi connectivity index (χ2n) is 4.22. The molecule has 102 valence electrons. The number of nitrogens with two attached hydrogens (primary N) is 1. The van der Waals surface area contributed by atoms with Crippen molar-refractivity contribution in [3.05, 3.63) is 44.9 Å². The molecule has 0 atom stereocenters. The summed E-state index contributed by atoms with van der Waals surface area (Å²) in [5, 5.41) is 1.79. The Morgan fingerprint density at radius 2 is 2.05 bits per heavy atom. The summed E-state index contributed by atoms with van der Waals surface area (Å²) in [5.74, 6) is 0. The molecule has 2 aromatic rings. The maximum absolute atomic E-state index is 6.03. The SMILES string of the molecule is CCN(Cc1ccc(Cl)c(Cl)c1)Cc1cnc(N)s1. The number of benzene rings is 1. The van der Waals surface area contributed by atoms with Gasteiger partial charge in [0.2, 0.25) is 0 Å². The number of nitrogens with zero attached hydrogens (tertiary/aromatic N) is 2. The number of aromatic nitrogens is 1. The molecule has 0 unspecified atom stereocenters. The Hall–Kier alpha value is -0.810. The van der Waals surface area contributed by atoms with Gasteiger partial charge in [0.25, 0.3) is 0 Å². The van der Waals surface area contributed by atoms with Crippen molar-refractivity contribution in [2.45, 2.75) is 20.0 Å². The van der Waals surface area contributed by atoms with Gasteiger partial charge in [-0.2, -0.15) is 0 Å². The molecule has 0 fully saturated rings. The van der Waals surface area contributed by atoms with Crippen molar-refractivity contribution in [3.63, 3.8) is 0 Å². The van der Waals surface area contributed by atoms with Crippen molar-refractivity contribution in [1.29, 1.82) is 0 Å². The molecule has 2 rings (SSSR count). The molecule has 0 aliphatic carbocycles. The molecular weight excluding hydrogens is 301 g/mol. The first-order valence-corrected chi connectivity index (χ1v) is 7.52. The maximum Gasteiger partial charge on any atom is 0.180 e. The third-order valence-corrected chi connectivity index (χ3v) is 4.34. The average Bonchev–Trinajstić information content (AvgIpc) is 2.78. The monoisotopic (exact) mass is 315 g/mol. The van der Waals surface area contributed by atoms with Crippen molar-refractivity contribution in [2.24, 2.45) is 0 Å². The van der Waals surface area contributed by atoms with Gasteiger partial charge in [-0.15, -0.1) is 11.3 Å². The van der Waals surface area contributed by atoms with Crippen LogP contribution in [0.4, 0.5) is 5.13 Å². The topological polar surface area (TPSA) is 42.2 Å². The third kappa shape index (κ3) is 4.08. The number of anilines is 1.